The molecule has 142 valence electrons. The van der Waals surface area contributed by atoms with Gasteiger partial charge in [0.05, 0.1) is 12.1 Å². The predicted molar refractivity (Wildman–Crippen MR) is 86.3 cm³/mol. The van der Waals surface area contributed by atoms with E-state index in [0.717, 1.165) is 0 Å². The summed E-state index contributed by atoms with van der Waals surface area (Å²) in [5, 5.41) is 9.38. The zero-order valence-corrected chi connectivity index (χ0v) is 14.6. The quantitative estimate of drug-likeness (QED) is 0.765. The fraction of sp³-hybridized carbons (Fsp3) is 0.750. The van der Waals surface area contributed by atoms with Crippen molar-refractivity contribution >= 4 is 5.91 Å². The van der Waals surface area contributed by atoms with Crippen LogP contribution in [-0.4, -0.2) is 60.9 Å². The van der Waals surface area contributed by atoms with E-state index in [4.69, 9.17) is 4.52 Å². The minimum Gasteiger partial charge on any atom is -0.361 e. The summed E-state index contributed by atoms with van der Waals surface area (Å²) in [7, 11) is 0. The number of nitrogens with one attached hydrogen (secondary N) is 2. The molecule has 1 aliphatic rings. The van der Waals surface area contributed by atoms with Gasteiger partial charge >= 0.3 is 6.18 Å². The average molecular weight is 362 g/mol. The monoisotopic (exact) mass is 362 g/mol. The molecule has 25 heavy (non-hydrogen) atoms. The van der Waals surface area contributed by atoms with Crippen LogP contribution in [0.2, 0.25) is 0 Å². The number of aromatic nitrogens is 1. The average Bonchev–Trinajstić information content (AvgIpc) is 2.96. The number of carbonyl (C=O) groups is 1. The first kappa shape index (κ1) is 19.7. The largest absolute Gasteiger partial charge is 0.405 e. The highest BCUT2D eigenvalue weighted by molar-refractivity contribution is 5.79. The number of aryl methyl sites for hydroxylation is 2. The van der Waals surface area contributed by atoms with Crippen LogP contribution in [-0.2, 0) is 24.1 Å². The van der Waals surface area contributed by atoms with Crippen LogP contribution in [0.25, 0.3) is 0 Å². The molecular weight excluding hydrogens is 337 g/mol. The van der Waals surface area contributed by atoms with Gasteiger partial charge < -0.3 is 15.2 Å². The Bertz CT molecular complexity index is 547. The van der Waals surface area contributed by atoms with E-state index in [1.54, 1.807) is 0 Å². The van der Waals surface area contributed by atoms with Gasteiger partial charge in [0.15, 0.2) is 0 Å². The summed E-state index contributed by atoms with van der Waals surface area (Å²) in [5.74, 6) is 0.165. The summed E-state index contributed by atoms with van der Waals surface area (Å²) < 4.78 is 45.2. The zero-order chi connectivity index (χ0) is 18.4. The van der Waals surface area contributed by atoms with Gasteiger partial charge in [0, 0.05) is 44.7 Å². The van der Waals surface area contributed by atoms with Gasteiger partial charge in [-0.3, -0.25) is 9.69 Å². The van der Waals surface area contributed by atoms with Crippen LogP contribution >= 0.6 is 0 Å². The van der Waals surface area contributed by atoms with E-state index < -0.39 is 24.7 Å². The van der Waals surface area contributed by atoms with Gasteiger partial charge in [0.25, 0.3) is 0 Å². The number of piperazine rings is 1. The van der Waals surface area contributed by atoms with E-state index in [1.165, 1.54) is 4.90 Å². The van der Waals surface area contributed by atoms with Crippen LogP contribution in [0.5, 0.6) is 0 Å². The molecule has 0 spiro atoms. The van der Waals surface area contributed by atoms with Crippen molar-refractivity contribution in [2.24, 2.45) is 0 Å². The van der Waals surface area contributed by atoms with Crippen molar-refractivity contribution in [2.75, 3.05) is 32.7 Å². The molecule has 1 aromatic rings. The molecule has 0 saturated carbocycles. The first-order valence-corrected chi connectivity index (χ1v) is 8.61. The van der Waals surface area contributed by atoms with Crippen molar-refractivity contribution < 1.29 is 22.5 Å². The van der Waals surface area contributed by atoms with Crippen LogP contribution in [0.1, 0.15) is 30.9 Å². The molecule has 1 saturated heterocycles. The van der Waals surface area contributed by atoms with Gasteiger partial charge in [-0.2, -0.15) is 13.2 Å². The Kier molecular flexibility index (Phi) is 6.83. The minimum atomic E-state index is -4.38. The lowest BCUT2D eigenvalue weighted by molar-refractivity contribution is -0.184. The summed E-state index contributed by atoms with van der Waals surface area (Å²) in [5.41, 5.74) is 1.37. The second-order valence-electron chi connectivity index (χ2n) is 6.06. The SMILES string of the molecule is CCc1noc(CC)c1CC(=O)NCC(N1CCNCC1)C(F)(F)F. The smallest absolute Gasteiger partial charge is 0.361 e. The minimum absolute atomic E-state index is 0.0119. The molecule has 0 aliphatic carbocycles. The molecule has 2 rings (SSSR count). The maximum absolute atomic E-state index is 13.3. The van der Waals surface area contributed by atoms with Crippen LogP contribution in [0.3, 0.4) is 0 Å². The number of hydrogen-bond acceptors (Lipinski definition) is 5. The summed E-state index contributed by atoms with van der Waals surface area (Å²) in [4.78, 5) is 13.5. The first-order valence-electron chi connectivity index (χ1n) is 8.61. The summed E-state index contributed by atoms with van der Waals surface area (Å²) in [6.07, 6.45) is -3.20. The molecule has 1 amide bonds. The fourth-order valence-electron chi connectivity index (χ4n) is 3.02. The molecule has 0 radical (unpaired) electrons. The third-order valence-corrected chi connectivity index (χ3v) is 4.41. The van der Waals surface area contributed by atoms with Crippen LogP contribution in [0.15, 0.2) is 4.52 Å². The second kappa shape index (κ2) is 8.66. The van der Waals surface area contributed by atoms with Gasteiger partial charge in [0.2, 0.25) is 5.91 Å². The van der Waals surface area contributed by atoms with E-state index in [-0.39, 0.29) is 6.42 Å². The van der Waals surface area contributed by atoms with Crippen molar-refractivity contribution in [3.8, 4) is 0 Å². The summed E-state index contributed by atoms with van der Waals surface area (Å²) in [6, 6.07) is -1.67. The molecule has 9 heteroatoms. The Morgan fingerprint density at radius 2 is 2.00 bits per heavy atom. The Labute approximate surface area is 145 Å². The Morgan fingerprint density at radius 3 is 2.56 bits per heavy atom. The molecule has 1 atom stereocenters. The topological polar surface area (TPSA) is 70.4 Å². The van der Waals surface area contributed by atoms with Gasteiger partial charge in [-0.15, -0.1) is 0 Å². The molecular formula is C16H25F3N4O2. The second-order valence-corrected chi connectivity index (χ2v) is 6.06. The number of hydrogen-bond donors (Lipinski definition) is 2. The van der Waals surface area contributed by atoms with Crippen LogP contribution in [0, 0.1) is 0 Å². The Morgan fingerprint density at radius 1 is 1.32 bits per heavy atom. The van der Waals surface area contributed by atoms with Gasteiger partial charge in [-0.05, 0) is 6.42 Å². The standard InChI is InChI=1S/C16H25F3N4O2/c1-3-12-11(13(4-2)25-22-12)9-15(24)21-10-14(16(17,18)19)23-7-5-20-6-8-23/h14,20H,3-10H2,1-2H3,(H,21,24). The molecule has 0 bridgehead atoms. The third-order valence-electron chi connectivity index (χ3n) is 4.41. The lowest BCUT2D eigenvalue weighted by atomic mass is 10.1. The number of halogens is 3. The third kappa shape index (κ3) is 5.18. The van der Waals surface area contributed by atoms with Crippen LogP contribution in [0.4, 0.5) is 13.2 Å². The lowest BCUT2D eigenvalue weighted by Crippen LogP contribution is -2.57. The molecule has 1 unspecified atom stereocenters. The normalized spacial score (nSPS) is 17.5. The highest BCUT2D eigenvalue weighted by Gasteiger charge is 2.43. The Balaban J connectivity index is 1.98. The summed E-state index contributed by atoms with van der Waals surface area (Å²) in [6.45, 7) is 4.98. The highest BCUT2D eigenvalue weighted by atomic mass is 19.4. The van der Waals surface area contributed by atoms with Crippen LogP contribution < -0.4 is 10.6 Å². The maximum atomic E-state index is 13.3. The molecule has 2 heterocycles. The number of nitrogens with zero attached hydrogens (tertiary/aromatic N) is 2. The molecule has 0 aromatic carbocycles. The number of alkyl halides is 3. The molecule has 6 nitrogen and oxygen atoms in total. The molecule has 1 aliphatic heterocycles. The first-order chi connectivity index (χ1) is 11.9. The summed E-state index contributed by atoms with van der Waals surface area (Å²) >= 11 is 0. The highest BCUT2D eigenvalue weighted by Crippen LogP contribution is 2.25. The van der Waals surface area contributed by atoms with E-state index in [2.05, 4.69) is 15.8 Å². The van der Waals surface area contributed by atoms with E-state index >= 15 is 0 Å². The van der Waals surface area contributed by atoms with Crippen molar-refractivity contribution in [1.29, 1.82) is 0 Å². The number of rotatable bonds is 7. The zero-order valence-electron chi connectivity index (χ0n) is 14.6. The fourth-order valence-corrected chi connectivity index (χ4v) is 3.02. The van der Waals surface area contributed by atoms with Crippen molar-refractivity contribution in [1.82, 2.24) is 20.7 Å². The van der Waals surface area contributed by atoms with E-state index in [1.807, 2.05) is 13.8 Å². The maximum Gasteiger partial charge on any atom is 0.405 e. The van der Waals surface area contributed by atoms with Crippen molar-refractivity contribution in [3.63, 3.8) is 0 Å². The van der Waals surface area contributed by atoms with E-state index in [9.17, 15) is 18.0 Å². The van der Waals surface area contributed by atoms with E-state index in [0.29, 0.717) is 56.0 Å². The number of amides is 1. The predicted octanol–water partition coefficient (Wildman–Crippen LogP) is 1.29. The molecule has 1 aromatic heterocycles. The van der Waals surface area contributed by atoms with Gasteiger partial charge in [-0.1, -0.05) is 19.0 Å². The van der Waals surface area contributed by atoms with Gasteiger partial charge in [-0.25, -0.2) is 0 Å². The number of carbonyl (C=O) groups excluding carboxylic acids is 1. The van der Waals surface area contributed by atoms with Gasteiger partial charge in [0.1, 0.15) is 11.8 Å². The Hall–Kier alpha value is -1.61. The van der Waals surface area contributed by atoms with Crippen molar-refractivity contribution in [3.05, 3.63) is 17.0 Å². The molecule has 1 fully saturated rings. The van der Waals surface area contributed by atoms with Crippen molar-refractivity contribution in [2.45, 2.75) is 45.3 Å². The lowest BCUT2D eigenvalue weighted by Gasteiger charge is -2.35. The molecule has 2 N–H and O–H groups in total.